The topological polar surface area (TPSA) is 34.9 Å². The van der Waals surface area contributed by atoms with E-state index >= 15 is 0 Å². The van der Waals surface area contributed by atoms with E-state index in [0.717, 1.165) is 26.1 Å². The fourth-order valence-electron chi connectivity index (χ4n) is 7.35. The van der Waals surface area contributed by atoms with E-state index in [1.807, 2.05) is 0 Å². The molecule has 10 rings (SSSR count). The number of benzene rings is 6. The Morgan fingerprint density at radius 2 is 0.826 bits per heavy atom. The van der Waals surface area contributed by atoms with Crippen LogP contribution in [0.15, 0.2) is 133 Å². The van der Waals surface area contributed by atoms with E-state index in [9.17, 15) is 0 Å². The number of nitrogens with zero attached hydrogens (tertiary/aromatic N) is 2. The van der Waals surface area contributed by atoms with Gasteiger partial charge < -0.3 is 18.6 Å². The van der Waals surface area contributed by atoms with Crippen molar-refractivity contribution in [2.24, 2.45) is 0 Å². The zero-order valence-corrected chi connectivity index (χ0v) is 25.4. The van der Waals surface area contributed by atoms with Gasteiger partial charge in [-0.15, -0.1) is 0 Å². The summed E-state index contributed by atoms with van der Waals surface area (Å²) in [6, 6.07) is 49.2. The molecule has 0 bridgehead atoms. The zero-order valence-electron chi connectivity index (χ0n) is 25.4. The van der Waals surface area contributed by atoms with Crippen molar-refractivity contribution in [2.75, 3.05) is 13.2 Å². The summed E-state index contributed by atoms with van der Waals surface area (Å²) in [4.78, 5) is 0. The van der Waals surface area contributed by atoms with Gasteiger partial charge in [0, 0.05) is 45.8 Å². The molecule has 0 spiro atoms. The third-order valence-corrected chi connectivity index (χ3v) is 9.79. The van der Waals surface area contributed by atoms with E-state index < -0.39 is 0 Å². The highest BCUT2D eigenvalue weighted by molar-refractivity contribution is 6.10. The second kappa shape index (κ2) is 10.2. The van der Waals surface area contributed by atoms with Crippen LogP contribution in [0.4, 0.5) is 0 Å². The molecule has 4 heteroatoms. The number of rotatable bonds is 7. The maximum atomic E-state index is 5.53. The van der Waals surface area contributed by atoms with E-state index in [4.69, 9.17) is 9.47 Å². The highest BCUT2D eigenvalue weighted by Gasteiger charge is 2.24. The van der Waals surface area contributed by atoms with Crippen LogP contribution in [-0.4, -0.2) is 34.6 Å². The Morgan fingerprint density at radius 3 is 1.24 bits per heavy atom. The number of fused-ring (bicyclic) bond motifs is 6. The Hall–Kier alpha value is -5.16. The van der Waals surface area contributed by atoms with Crippen LogP contribution in [0.3, 0.4) is 0 Å². The molecule has 46 heavy (non-hydrogen) atoms. The number of epoxide rings is 2. The van der Waals surface area contributed by atoms with Gasteiger partial charge in [0.2, 0.25) is 0 Å². The number of ether oxygens (including phenoxy) is 2. The van der Waals surface area contributed by atoms with Crippen LogP contribution in [0, 0.1) is 0 Å². The van der Waals surface area contributed by atoms with Gasteiger partial charge in [-0.05, 0) is 70.8 Å². The van der Waals surface area contributed by atoms with Crippen molar-refractivity contribution >= 4 is 43.6 Å². The largest absolute Gasteiger partial charge is 0.373 e. The molecule has 0 saturated carbocycles. The number of hydrogen-bond donors (Lipinski definition) is 0. The van der Waals surface area contributed by atoms with Crippen LogP contribution in [-0.2, 0) is 22.3 Å². The number of aromatic nitrogens is 2. The van der Waals surface area contributed by atoms with Crippen molar-refractivity contribution in [1.82, 2.24) is 9.13 Å². The van der Waals surface area contributed by atoms with Crippen LogP contribution in [0.25, 0.3) is 66.1 Å². The molecule has 0 N–H and O–H groups in total. The van der Waals surface area contributed by atoms with Crippen LogP contribution in [0.5, 0.6) is 0 Å². The number of para-hydroxylation sites is 2. The van der Waals surface area contributed by atoms with Gasteiger partial charge in [0.1, 0.15) is 0 Å². The fraction of sp³-hybridized carbons (Fsp3) is 0.143. The summed E-state index contributed by atoms with van der Waals surface area (Å²) >= 11 is 0. The molecule has 222 valence electrons. The predicted molar refractivity (Wildman–Crippen MR) is 187 cm³/mol. The smallest absolute Gasteiger partial charge is 0.0850 e. The van der Waals surface area contributed by atoms with Crippen molar-refractivity contribution in [2.45, 2.75) is 25.0 Å². The highest BCUT2D eigenvalue weighted by Crippen LogP contribution is 2.36. The summed E-state index contributed by atoms with van der Waals surface area (Å²) in [7, 11) is 0. The summed E-state index contributed by atoms with van der Waals surface area (Å²) in [6.45, 7) is 1.75. The molecule has 2 aromatic heterocycles. The first kappa shape index (κ1) is 26.1. The van der Waals surface area contributed by atoms with Crippen molar-refractivity contribution < 1.29 is 9.47 Å². The molecule has 6 aromatic carbocycles. The lowest BCUT2D eigenvalue weighted by molar-refractivity contribution is 0.407. The Kier molecular flexibility index (Phi) is 5.77. The van der Waals surface area contributed by atoms with E-state index in [2.05, 4.69) is 143 Å². The molecule has 4 nitrogen and oxygen atoms in total. The maximum absolute atomic E-state index is 5.53. The minimum Gasteiger partial charge on any atom is -0.373 e. The van der Waals surface area contributed by atoms with Gasteiger partial charge in [0.15, 0.2) is 0 Å². The molecule has 0 aliphatic carbocycles. The Labute approximate surface area is 267 Å². The van der Waals surface area contributed by atoms with E-state index in [0.29, 0.717) is 12.2 Å². The van der Waals surface area contributed by atoms with E-state index in [1.54, 1.807) is 0 Å². The standard InChI is InChI=1S/C42H32N2O2/c1-3-7-39-35(5-1)37-19-9-27(21-33-25-45-33)23-41(37)43(39)31-15-11-29(12-16-31)30-13-17-32(18-14-30)44-40-8-4-2-6-36(40)38-20-10-28(24-42(38)44)22-34-26-46-34/h1-20,23-24,33-34H,21-22,25-26H2. The molecule has 8 aromatic rings. The molecule has 0 amide bonds. The van der Waals surface area contributed by atoms with Gasteiger partial charge in [-0.1, -0.05) is 84.9 Å². The monoisotopic (exact) mass is 596 g/mol. The molecule has 2 fully saturated rings. The zero-order chi connectivity index (χ0) is 30.2. The molecule has 2 atom stereocenters. The summed E-state index contributed by atoms with van der Waals surface area (Å²) in [5, 5.41) is 5.14. The lowest BCUT2D eigenvalue weighted by Crippen LogP contribution is -1.97. The van der Waals surface area contributed by atoms with Crippen LogP contribution in [0.1, 0.15) is 11.1 Å². The van der Waals surface area contributed by atoms with Gasteiger partial charge >= 0.3 is 0 Å². The molecule has 2 aliphatic rings. The molecule has 4 heterocycles. The molecule has 2 aliphatic heterocycles. The molecule has 0 radical (unpaired) electrons. The normalized spacial score (nSPS) is 17.4. The lowest BCUT2D eigenvalue weighted by Gasteiger charge is -2.12. The Balaban J connectivity index is 1.02. The molecule has 2 saturated heterocycles. The third kappa shape index (κ3) is 4.37. The van der Waals surface area contributed by atoms with Crippen molar-refractivity contribution in [3.63, 3.8) is 0 Å². The minimum atomic E-state index is 0.371. The fourth-order valence-corrected chi connectivity index (χ4v) is 7.35. The summed E-state index contributed by atoms with van der Waals surface area (Å²) < 4.78 is 15.9. The first-order valence-corrected chi connectivity index (χ1v) is 16.3. The van der Waals surface area contributed by atoms with Gasteiger partial charge in [-0.3, -0.25) is 0 Å². The summed E-state index contributed by atoms with van der Waals surface area (Å²) in [5.41, 5.74) is 12.4. The van der Waals surface area contributed by atoms with E-state index in [1.165, 1.54) is 77.2 Å². The average Bonchev–Trinajstić information content (AvgIpc) is 4.04. The quantitative estimate of drug-likeness (QED) is 0.172. The average molecular weight is 597 g/mol. The SMILES string of the molecule is c1ccc2c(c1)c1ccc(CC3CO3)cc1n2-c1ccc(-c2ccc(-n3c4ccccc4c4ccc(CC5CO5)cc43)cc2)cc1. The van der Waals surface area contributed by atoms with Crippen LogP contribution >= 0.6 is 0 Å². The Morgan fingerprint density at radius 1 is 0.435 bits per heavy atom. The maximum Gasteiger partial charge on any atom is 0.0850 e. The van der Waals surface area contributed by atoms with Gasteiger partial charge in [-0.25, -0.2) is 0 Å². The predicted octanol–water partition coefficient (Wildman–Crippen LogP) is 9.43. The second-order valence-electron chi connectivity index (χ2n) is 12.8. The highest BCUT2D eigenvalue weighted by atomic mass is 16.6. The molecule has 2 unspecified atom stereocenters. The van der Waals surface area contributed by atoms with Gasteiger partial charge in [-0.2, -0.15) is 0 Å². The van der Waals surface area contributed by atoms with Crippen molar-refractivity contribution in [1.29, 1.82) is 0 Å². The van der Waals surface area contributed by atoms with E-state index in [-0.39, 0.29) is 0 Å². The summed E-state index contributed by atoms with van der Waals surface area (Å²) in [6.07, 6.45) is 2.68. The lowest BCUT2D eigenvalue weighted by atomic mass is 10.0. The Bertz CT molecular complexity index is 2250. The molecular formula is C42H32N2O2. The van der Waals surface area contributed by atoms with Crippen molar-refractivity contribution in [3.05, 3.63) is 145 Å². The van der Waals surface area contributed by atoms with Crippen LogP contribution < -0.4 is 0 Å². The first-order valence-electron chi connectivity index (χ1n) is 16.3. The third-order valence-electron chi connectivity index (χ3n) is 9.79. The number of hydrogen-bond acceptors (Lipinski definition) is 2. The summed E-state index contributed by atoms with van der Waals surface area (Å²) in [5.74, 6) is 0. The van der Waals surface area contributed by atoms with Crippen molar-refractivity contribution in [3.8, 4) is 22.5 Å². The van der Waals surface area contributed by atoms with Crippen LogP contribution in [0.2, 0.25) is 0 Å². The second-order valence-corrected chi connectivity index (χ2v) is 12.8. The van der Waals surface area contributed by atoms with Gasteiger partial charge in [0.25, 0.3) is 0 Å². The first-order chi connectivity index (χ1) is 22.8. The van der Waals surface area contributed by atoms with Gasteiger partial charge in [0.05, 0.1) is 47.5 Å². The molecular weight excluding hydrogens is 564 g/mol. The minimum absolute atomic E-state index is 0.371.